The lowest BCUT2D eigenvalue weighted by Crippen LogP contribution is -2.25. The molecule has 0 atom stereocenters. The molecule has 0 bridgehead atoms. The first-order valence-electron chi connectivity index (χ1n) is 10.1. The van der Waals surface area contributed by atoms with Crippen molar-refractivity contribution in [2.75, 3.05) is 10.0 Å². The summed E-state index contributed by atoms with van der Waals surface area (Å²) in [5.74, 6) is 0.732. The highest BCUT2D eigenvalue weighted by Crippen LogP contribution is 2.28. The van der Waals surface area contributed by atoms with E-state index in [1.165, 1.54) is 19.3 Å². The van der Waals surface area contributed by atoms with E-state index in [0.717, 1.165) is 29.5 Å². The Morgan fingerprint density at radius 2 is 1.52 bits per heavy atom. The van der Waals surface area contributed by atoms with E-state index in [2.05, 4.69) is 20.0 Å². The summed E-state index contributed by atoms with van der Waals surface area (Å²) >= 11 is 0. The summed E-state index contributed by atoms with van der Waals surface area (Å²) in [5, 5.41) is 3.44. The predicted octanol–water partition coefficient (Wildman–Crippen LogP) is 4.79. The van der Waals surface area contributed by atoms with Crippen LogP contribution in [0.25, 0.3) is 11.0 Å². The lowest BCUT2D eigenvalue weighted by Gasteiger charge is -2.24. The minimum Gasteiger partial charge on any atom is -0.364 e. The molecular formula is C22H26N4O2S. The third-order valence-corrected chi connectivity index (χ3v) is 6.87. The zero-order valence-electron chi connectivity index (χ0n) is 16.8. The van der Waals surface area contributed by atoms with Gasteiger partial charge in [0.05, 0.1) is 15.9 Å². The van der Waals surface area contributed by atoms with E-state index < -0.39 is 10.0 Å². The zero-order valence-corrected chi connectivity index (χ0v) is 17.6. The molecule has 1 fully saturated rings. The molecule has 0 spiro atoms. The topological polar surface area (TPSA) is 84.0 Å². The number of aryl methyl sites for hydroxylation is 2. The number of fused-ring (bicyclic) bond motifs is 1. The van der Waals surface area contributed by atoms with Gasteiger partial charge in [-0.05, 0) is 62.1 Å². The lowest BCUT2D eigenvalue weighted by molar-refractivity contribution is 0.462. The number of aromatic nitrogens is 2. The zero-order chi connectivity index (χ0) is 20.4. The van der Waals surface area contributed by atoms with Crippen molar-refractivity contribution in [3.8, 4) is 0 Å². The molecule has 4 rings (SSSR count). The largest absolute Gasteiger partial charge is 0.364 e. The molecule has 0 amide bonds. The average Bonchev–Trinajstić information content (AvgIpc) is 2.71. The summed E-state index contributed by atoms with van der Waals surface area (Å²) in [7, 11) is -3.78. The van der Waals surface area contributed by atoms with Gasteiger partial charge in [0.25, 0.3) is 10.0 Å². The molecule has 0 unspecified atom stereocenters. The van der Waals surface area contributed by atoms with E-state index in [1.54, 1.807) is 12.1 Å². The monoisotopic (exact) mass is 410 g/mol. The van der Waals surface area contributed by atoms with Crippen LogP contribution in [-0.4, -0.2) is 24.4 Å². The van der Waals surface area contributed by atoms with Crippen LogP contribution in [0.4, 0.5) is 11.6 Å². The summed E-state index contributed by atoms with van der Waals surface area (Å²) in [4.78, 5) is 9.48. The maximum Gasteiger partial charge on any atom is 0.263 e. The van der Waals surface area contributed by atoms with E-state index in [4.69, 9.17) is 0 Å². The molecule has 2 aromatic carbocycles. The van der Waals surface area contributed by atoms with Gasteiger partial charge in [-0.1, -0.05) is 37.5 Å². The lowest BCUT2D eigenvalue weighted by atomic mass is 9.95. The molecule has 29 heavy (non-hydrogen) atoms. The average molecular weight is 411 g/mol. The van der Waals surface area contributed by atoms with E-state index in [-0.39, 0.29) is 16.8 Å². The normalized spacial score (nSPS) is 15.4. The van der Waals surface area contributed by atoms with Gasteiger partial charge >= 0.3 is 0 Å². The molecule has 0 aliphatic heterocycles. The number of hydrogen-bond donors (Lipinski definition) is 2. The summed E-state index contributed by atoms with van der Waals surface area (Å²) < 4.78 is 28.7. The highest BCUT2D eigenvalue weighted by molar-refractivity contribution is 7.92. The fourth-order valence-electron chi connectivity index (χ4n) is 3.68. The summed E-state index contributed by atoms with van der Waals surface area (Å²) in [5.41, 5.74) is 3.37. The Kier molecular flexibility index (Phi) is 5.41. The first-order chi connectivity index (χ1) is 13.9. The quantitative estimate of drug-likeness (QED) is 0.632. The fraction of sp³-hybridized carbons (Fsp3) is 0.364. The molecule has 6 nitrogen and oxygen atoms in total. The van der Waals surface area contributed by atoms with E-state index in [0.29, 0.717) is 11.3 Å². The van der Waals surface area contributed by atoms with Gasteiger partial charge in [-0.25, -0.2) is 18.4 Å². The smallest absolute Gasteiger partial charge is 0.263 e. The summed E-state index contributed by atoms with van der Waals surface area (Å²) in [6, 6.07) is 12.9. The number of nitrogens with one attached hydrogen (secondary N) is 2. The maximum atomic E-state index is 13.0. The molecule has 0 saturated heterocycles. The molecule has 3 aromatic rings. The van der Waals surface area contributed by atoms with Crippen molar-refractivity contribution < 1.29 is 8.42 Å². The van der Waals surface area contributed by atoms with Gasteiger partial charge < -0.3 is 5.32 Å². The summed E-state index contributed by atoms with van der Waals surface area (Å²) in [6.07, 6.45) is 5.69. The van der Waals surface area contributed by atoms with Crippen LogP contribution < -0.4 is 10.0 Å². The molecule has 1 aliphatic carbocycles. The van der Waals surface area contributed by atoms with Crippen molar-refractivity contribution in [1.82, 2.24) is 9.97 Å². The van der Waals surface area contributed by atoms with Gasteiger partial charge in [-0.3, -0.25) is 4.72 Å². The van der Waals surface area contributed by atoms with Crippen LogP contribution in [-0.2, 0) is 10.0 Å². The van der Waals surface area contributed by atoms with Crippen molar-refractivity contribution in [2.45, 2.75) is 56.9 Å². The number of rotatable bonds is 5. The number of nitrogens with zero attached hydrogens (tertiary/aromatic N) is 2. The molecular weight excluding hydrogens is 384 g/mol. The predicted molar refractivity (Wildman–Crippen MR) is 117 cm³/mol. The molecule has 152 valence electrons. The van der Waals surface area contributed by atoms with Gasteiger partial charge in [0.1, 0.15) is 0 Å². The second kappa shape index (κ2) is 7.99. The Morgan fingerprint density at radius 1 is 0.862 bits per heavy atom. The third kappa shape index (κ3) is 4.34. The number of sulfonamides is 1. The van der Waals surface area contributed by atoms with Crippen molar-refractivity contribution in [3.63, 3.8) is 0 Å². The Labute approximate surface area is 171 Å². The highest BCUT2D eigenvalue weighted by atomic mass is 32.2. The number of para-hydroxylation sites is 2. The first-order valence-corrected chi connectivity index (χ1v) is 11.5. The molecule has 0 radical (unpaired) electrons. The number of benzene rings is 2. The van der Waals surface area contributed by atoms with Gasteiger partial charge in [-0.2, -0.15) is 0 Å². The van der Waals surface area contributed by atoms with Crippen molar-refractivity contribution in [3.05, 3.63) is 53.6 Å². The standard InChI is InChI=1S/C22H26N4O2S/c1-15-12-13-18(14-16(15)2)29(27,28)26-22-21(23-17-8-4-3-5-9-17)24-19-10-6-7-11-20(19)25-22/h6-7,10-14,17H,3-5,8-9H2,1-2H3,(H,23,24)(H,25,26). The Morgan fingerprint density at radius 3 is 2.17 bits per heavy atom. The highest BCUT2D eigenvalue weighted by Gasteiger charge is 2.21. The van der Waals surface area contributed by atoms with Gasteiger partial charge in [-0.15, -0.1) is 0 Å². The number of hydrogen-bond acceptors (Lipinski definition) is 5. The molecule has 1 aliphatic rings. The van der Waals surface area contributed by atoms with Crippen molar-refractivity contribution in [1.29, 1.82) is 0 Å². The molecule has 7 heteroatoms. The van der Waals surface area contributed by atoms with E-state index in [9.17, 15) is 8.42 Å². The Bertz CT molecular complexity index is 1140. The van der Waals surface area contributed by atoms with Gasteiger partial charge in [0.15, 0.2) is 11.6 Å². The number of anilines is 2. The second-order valence-corrected chi connectivity index (χ2v) is 9.42. The first kappa shape index (κ1) is 19.6. The minimum absolute atomic E-state index is 0.221. The Hall–Kier alpha value is -2.67. The van der Waals surface area contributed by atoms with Gasteiger partial charge in [0.2, 0.25) is 0 Å². The Balaban J connectivity index is 1.72. The van der Waals surface area contributed by atoms with Crippen LogP contribution in [0, 0.1) is 13.8 Å². The van der Waals surface area contributed by atoms with Gasteiger partial charge in [0, 0.05) is 6.04 Å². The maximum absolute atomic E-state index is 13.0. The van der Waals surface area contributed by atoms with E-state index in [1.807, 2.05) is 44.2 Å². The van der Waals surface area contributed by atoms with Crippen LogP contribution >= 0.6 is 0 Å². The molecule has 1 saturated carbocycles. The van der Waals surface area contributed by atoms with E-state index >= 15 is 0 Å². The minimum atomic E-state index is -3.78. The van der Waals surface area contributed by atoms with Crippen molar-refractivity contribution >= 4 is 32.7 Å². The SMILES string of the molecule is Cc1ccc(S(=O)(=O)Nc2nc3ccccc3nc2NC2CCCCC2)cc1C. The third-order valence-electron chi connectivity index (χ3n) is 5.54. The van der Waals surface area contributed by atoms with Crippen LogP contribution in [0.5, 0.6) is 0 Å². The molecule has 1 aromatic heterocycles. The van der Waals surface area contributed by atoms with Crippen LogP contribution in [0.15, 0.2) is 47.4 Å². The fourth-order valence-corrected chi connectivity index (χ4v) is 4.77. The van der Waals surface area contributed by atoms with Crippen molar-refractivity contribution in [2.24, 2.45) is 0 Å². The van der Waals surface area contributed by atoms with Crippen LogP contribution in [0.2, 0.25) is 0 Å². The molecule has 1 heterocycles. The summed E-state index contributed by atoms with van der Waals surface area (Å²) in [6.45, 7) is 3.86. The van der Waals surface area contributed by atoms with Crippen LogP contribution in [0.1, 0.15) is 43.2 Å². The molecule has 2 N–H and O–H groups in total. The van der Waals surface area contributed by atoms with Crippen LogP contribution in [0.3, 0.4) is 0 Å². The second-order valence-electron chi connectivity index (χ2n) is 7.74.